The van der Waals surface area contributed by atoms with E-state index in [-0.39, 0.29) is 5.57 Å². The molecule has 4 heteroatoms. The Labute approximate surface area is 129 Å². The average Bonchev–Trinajstić information content (AvgIpc) is 2.64. The number of carboxylic acid groups (broad SMARTS) is 1. The zero-order chi connectivity index (χ0) is 15.7. The maximum atomic E-state index is 11.1. The molecule has 0 radical (unpaired) electrons. The molecule has 1 aromatic heterocycles. The first-order valence-corrected chi connectivity index (χ1v) is 7.45. The topological polar surface area (TPSA) is 42.2 Å². The van der Waals surface area contributed by atoms with Gasteiger partial charge in [0.2, 0.25) is 0 Å². The van der Waals surface area contributed by atoms with Gasteiger partial charge >= 0.3 is 5.97 Å². The number of nitrogens with zero attached hydrogens (tertiary/aromatic N) is 1. The van der Waals surface area contributed by atoms with E-state index >= 15 is 0 Å². The second-order valence-electron chi connectivity index (χ2n) is 5.46. The Hall–Kier alpha value is -1.74. The van der Waals surface area contributed by atoms with Crippen LogP contribution in [0.1, 0.15) is 37.0 Å². The molecule has 2 aromatic rings. The highest BCUT2D eigenvalue weighted by molar-refractivity contribution is 6.33. The van der Waals surface area contributed by atoms with Crippen LogP contribution in [0.3, 0.4) is 0 Å². The van der Waals surface area contributed by atoms with Crippen molar-refractivity contribution in [1.29, 1.82) is 0 Å². The lowest BCUT2D eigenvalue weighted by molar-refractivity contribution is -0.132. The number of carbonyl (C=O) groups is 1. The molecule has 0 unspecified atom stereocenters. The molecule has 0 aliphatic carbocycles. The molecule has 0 saturated carbocycles. The smallest absolute Gasteiger partial charge is 0.331 e. The first-order valence-electron chi connectivity index (χ1n) is 7.07. The summed E-state index contributed by atoms with van der Waals surface area (Å²) in [5, 5.41) is 10.8. The zero-order valence-corrected chi connectivity index (χ0v) is 13.6. The molecule has 0 atom stereocenters. The van der Waals surface area contributed by atoms with Gasteiger partial charge in [0.1, 0.15) is 5.15 Å². The van der Waals surface area contributed by atoms with Gasteiger partial charge in [-0.2, -0.15) is 0 Å². The van der Waals surface area contributed by atoms with Crippen LogP contribution >= 0.6 is 11.6 Å². The highest BCUT2D eigenvalue weighted by Crippen LogP contribution is 2.35. The number of aryl methyl sites for hydroxylation is 3. The maximum absolute atomic E-state index is 11.1. The largest absolute Gasteiger partial charge is 0.478 e. The molecular weight excluding hydrogens is 286 g/mol. The molecule has 1 N–H and O–H groups in total. The van der Waals surface area contributed by atoms with E-state index in [0.29, 0.717) is 5.15 Å². The number of carboxylic acids is 1. The van der Waals surface area contributed by atoms with E-state index in [1.54, 1.807) is 13.0 Å². The van der Waals surface area contributed by atoms with E-state index in [9.17, 15) is 4.79 Å². The monoisotopic (exact) mass is 305 g/mol. The van der Waals surface area contributed by atoms with Gasteiger partial charge in [0.15, 0.2) is 0 Å². The molecule has 0 spiro atoms. The van der Waals surface area contributed by atoms with E-state index < -0.39 is 5.97 Å². The molecule has 2 rings (SSSR count). The van der Waals surface area contributed by atoms with E-state index in [0.717, 1.165) is 35.0 Å². The van der Waals surface area contributed by atoms with Crippen LogP contribution in [0.25, 0.3) is 17.0 Å². The fraction of sp³-hybridized carbons (Fsp3) is 0.353. The Morgan fingerprint density at radius 2 is 2.05 bits per heavy atom. The molecule has 0 saturated heterocycles. The van der Waals surface area contributed by atoms with Crippen LogP contribution in [0.15, 0.2) is 17.7 Å². The molecule has 0 aliphatic rings. The summed E-state index contributed by atoms with van der Waals surface area (Å²) in [7, 11) is 0. The van der Waals surface area contributed by atoms with Gasteiger partial charge < -0.3 is 9.67 Å². The summed E-state index contributed by atoms with van der Waals surface area (Å²) >= 11 is 6.53. The summed E-state index contributed by atoms with van der Waals surface area (Å²) in [6.45, 7) is 8.60. The van der Waals surface area contributed by atoms with E-state index in [1.165, 1.54) is 5.56 Å². The minimum absolute atomic E-state index is 0.285. The standard InChI is InChI=1S/C17H20ClNO2/c1-5-6-19-14-8-10(2)7-11(3)15(14)13(16(19)18)9-12(4)17(20)21/h7-9H,5-6H2,1-4H3,(H,20,21)/b12-9+. The van der Waals surface area contributed by atoms with E-state index in [4.69, 9.17) is 16.7 Å². The second-order valence-corrected chi connectivity index (χ2v) is 5.82. The number of hydrogen-bond donors (Lipinski definition) is 1. The van der Waals surface area contributed by atoms with Crippen molar-refractivity contribution < 1.29 is 9.90 Å². The van der Waals surface area contributed by atoms with Gasteiger partial charge in [0, 0.05) is 23.1 Å². The highest BCUT2D eigenvalue weighted by Gasteiger charge is 2.17. The lowest BCUT2D eigenvalue weighted by Gasteiger charge is -2.06. The first-order chi connectivity index (χ1) is 9.86. The Balaban J connectivity index is 2.84. The molecule has 112 valence electrons. The summed E-state index contributed by atoms with van der Waals surface area (Å²) in [5.41, 5.74) is 4.46. The van der Waals surface area contributed by atoms with Gasteiger partial charge in [-0.1, -0.05) is 24.6 Å². The minimum Gasteiger partial charge on any atom is -0.478 e. The van der Waals surface area contributed by atoms with Crippen LogP contribution in [-0.4, -0.2) is 15.6 Å². The number of halogens is 1. The van der Waals surface area contributed by atoms with Crippen molar-refractivity contribution in [2.45, 2.75) is 40.7 Å². The van der Waals surface area contributed by atoms with Crippen LogP contribution in [0, 0.1) is 13.8 Å². The molecule has 21 heavy (non-hydrogen) atoms. The van der Waals surface area contributed by atoms with Gasteiger partial charge in [-0.05, 0) is 50.5 Å². The zero-order valence-electron chi connectivity index (χ0n) is 12.8. The van der Waals surface area contributed by atoms with Crippen molar-refractivity contribution in [1.82, 2.24) is 4.57 Å². The van der Waals surface area contributed by atoms with Gasteiger partial charge in [-0.15, -0.1) is 0 Å². The van der Waals surface area contributed by atoms with Crippen LogP contribution in [0.5, 0.6) is 0 Å². The Morgan fingerprint density at radius 1 is 1.38 bits per heavy atom. The van der Waals surface area contributed by atoms with Crippen LogP contribution in [-0.2, 0) is 11.3 Å². The van der Waals surface area contributed by atoms with Crippen LogP contribution in [0.4, 0.5) is 0 Å². The Bertz CT molecular complexity index is 741. The molecule has 0 amide bonds. The number of benzene rings is 1. The summed E-state index contributed by atoms with van der Waals surface area (Å²) in [6, 6.07) is 4.21. The van der Waals surface area contributed by atoms with Gasteiger partial charge in [-0.25, -0.2) is 4.79 Å². The SMILES string of the molecule is CCCn1c(Cl)c(/C=C(\C)C(=O)O)c2c(C)cc(C)cc21. The molecule has 0 fully saturated rings. The number of rotatable bonds is 4. The van der Waals surface area contributed by atoms with E-state index in [2.05, 4.69) is 30.5 Å². The van der Waals surface area contributed by atoms with Gasteiger partial charge in [0.25, 0.3) is 0 Å². The number of fused-ring (bicyclic) bond motifs is 1. The molecule has 1 aromatic carbocycles. The number of aliphatic carboxylic acids is 1. The molecule has 3 nitrogen and oxygen atoms in total. The quantitative estimate of drug-likeness (QED) is 0.824. The van der Waals surface area contributed by atoms with Crippen molar-refractivity contribution in [2.24, 2.45) is 0 Å². The van der Waals surface area contributed by atoms with Gasteiger partial charge in [-0.3, -0.25) is 0 Å². The molecule has 0 bridgehead atoms. The third-order valence-electron chi connectivity index (χ3n) is 3.62. The maximum Gasteiger partial charge on any atom is 0.331 e. The fourth-order valence-corrected chi connectivity index (χ4v) is 3.04. The summed E-state index contributed by atoms with van der Waals surface area (Å²) in [6.07, 6.45) is 2.64. The Kier molecular flexibility index (Phi) is 4.43. The Morgan fingerprint density at radius 3 is 2.62 bits per heavy atom. The van der Waals surface area contributed by atoms with Crippen molar-refractivity contribution in [3.63, 3.8) is 0 Å². The third kappa shape index (κ3) is 2.84. The van der Waals surface area contributed by atoms with Crippen molar-refractivity contribution in [3.8, 4) is 0 Å². The van der Waals surface area contributed by atoms with E-state index in [1.807, 2.05) is 6.92 Å². The third-order valence-corrected chi connectivity index (χ3v) is 4.03. The van der Waals surface area contributed by atoms with Gasteiger partial charge in [0.05, 0.1) is 5.52 Å². The summed E-state index contributed by atoms with van der Waals surface area (Å²) < 4.78 is 2.07. The molecule has 1 heterocycles. The molecule has 0 aliphatic heterocycles. The highest BCUT2D eigenvalue weighted by atomic mass is 35.5. The lowest BCUT2D eigenvalue weighted by atomic mass is 10.0. The predicted octanol–water partition coefficient (Wildman–Crippen LogP) is 4.81. The second kappa shape index (κ2) is 5.94. The normalized spacial score (nSPS) is 12.1. The van der Waals surface area contributed by atoms with Crippen LogP contribution < -0.4 is 0 Å². The minimum atomic E-state index is -0.924. The fourth-order valence-electron chi connectivity index (χ4n) is 2.71. The number of hydrogen-bond acceptors (Lipinski definition) is 1. The average molecular weight is 306 g/mol. The summed E-state index contributed by atoms with van der Waals surface area (Å²) in [4.78, 5) is 11.1. The summed E-state index contributed by atoms with van der Waals surface area (Å²) in [5.74, 6) is -0.924. The van der Waals surface area contributed by atoms with Crippen molar-refractivity contribution in [2.75, 3.05) is 0 Å². The predicted molar refractivity (Wildman–Crippen MR) is 88.0 cm³/mol. The van der Waals surface area contributed by atoms with Crippen LogP contribution in [0.2, 0.25) is 5.15 Å². The lowest BCUT2D eigenvalue weighted by Crippen LogP contribution is -1.97. The molecular formula is C17H20ClNO2. The van der Waals surface area contributed by atoms with Crippen molar-refractivity contribution in [3.05, 3.63) is 39.5 Å². The first kappa shape index (κ1) is 15.6. The number of aromatic nitrogens is 1. The van der Waals surface area contributed by atoms with Crippen molar-refractivity contribution >= 4 is 34.5 Å².